The van der Waals surface area contributed by atoms with Gasteiger partial charge in [0.25, 0.3) is 0 Å². The Morgan fingerprint density at radius 3 is 2.67 bits per heavy atom. The molecular formula is C11H20N4. The normalized spacial score (nSPS) is 22.1. The van der Waals surface area contributed by atoms with Crippen LogP contribution in [0.5, 0.6) is 0 Å². The molecular weight excluding hydrogens is 188 g/mol. The second kappa shape index (κ2) is 3.52. The third-order valence-electron chi connectivity index (χ3n) is 3.33. The molecule has 4 nitrogen and oxygen atoms in total. The van der Waals surface area contributed by atoms with Gasteiger partial charge in [0.15, 0.2) is 0 Å². The molecule has 1 aromatic heterocycles. The van der Waals surface area contributed by atoms with Crippen molar-refractivity contribution < 1.29 is 0 Å². The van der Waals surface area contributed by atoms with Crippen LogP contribution in [0, 0.1) is 5.92 Å². The average molecular weight is 208 g/mol. The van der Waals surface area contributed by atoms with Gasteiger partial charge in [0.1, 0.15) is 5.82 Å². The molecule has 2 rings (SSSR count). The van der Waals surface area contributed by atoms with Gasteiger partial charge >= 0.3 is 0 Å². The largest absolute Gasteiger partial charge is 0.382 e. The molecule has 0 amide bonds. The van der Waals surface area contributed by atoms with E-state index in [1.165, 1.54) is 11.3 Å². The summed E-state index contributed by atoms with van der Waals surface area (Å²) in [7, 11) is 4.17. The first-order chi connectivity index (χ1) is 7.02. The Labute approximate surface area is 91.1 Å². The van der Waals surface area contributed by atoms with E-state index in [-0.39, 0.29) is 0 Å². The third kappa shape index (κ3) is 1.53. The molecule has 1 unspecified atom stereocenters. The molecule has 84 valence electrons. The van der Waals surface area contributed by atoms with E-state index in [1.54, 1.807) is 0 Å². The minimum atomic E-state index is 0.448. The standard InChI is InChI=1S/C11H20N4/c1-7(2)9-10-8(5-6-14(9)3)11(12)13-15(10)4/h7,9H,5-6H2,1-4H3,(H2,12,13). The second-order valence-electron chi connectivity index (χ2n) is 4.79. The van der Waals surface area contributed by atoms with Crippen LogP contribution in [0.25, 0.3) is 0 Å². The zero-order valence-electron chi connectivity index (χ0n) is 9.99. The van der Waals surface area contributed by atoms with Crippen LogP contribution < -0.4 is 5.73 Å². The van der Waals surface area contributed by atoms with Gasteiger partial charge in [-0.2, -0.15) is 5.10 Å². The van der Waals surface area contributed by atoms with Crippen molar-refractivity contribution >= 4 is 5.82 Å². The van der Waals surface area contributed by atoms with Crippen molar-refractivity contribution in [2.45, 2.75) is 26.3 Å². The zero-order chi connectivity index (χ0) is 11.2. The van der Waals surface area contributed by atoms with Crippen LogP contribution in [-0.2, 0) is 13.5 Å². The minimum absolute atomic E-state index is 0.448. The maximum absolute atomic E-state index is 5.92. The molecule has 0 bridgehead atoms. The monoisotopic (exact) mass is 208 g/mol. The van der Waals surface area contributed by atoms with Gasteiger partial charge < -0.3 is 5.73 Å². The fraction of sp³-hybridized carbons (Fsp3) is 0.727. The van der Waals surface area contributed by atoms with E-state index < -0.39 is 0 Å². The summed E-state index contributed by atoms with van der Waals surface area (Å²) in [5.74, 6) is 1.30. The summed E-state index contributed by atoms with van der Waals surface area (Å²) < 4.78 is 1.95. The lowest BCUT2D eigenvalue weighted by molar-refractivity contribution is 0.172. The Balaban J connectivity index is 2.51. The Morgan fingerprint density at radius 2 is 2.07 bits per heavy atom. The Hall–Kier alpha value is -1.03. The van der Waals surface area contributed by atoms with Gasteiger partial charge in [-0.3, -0.25) is 9.58 Å². The number of anilines is 1. The van der Waals surface area contributed by atoms with Crippen molar-refractivity contribution in [1.82, 2.24) is 14.7 Å². The Morgan fingerprint density at radius 1 is 1.40 bits per heavy atom. The highest BCUT2D eigenvalue weighted by atomic mass is 15.3. The quantitative estimate of drug-likeness (QED) is 0.754. The van der Waals surface area contributed by atoms with Gasteiger partial charge in [-0.05, 0) is 19.4 Å². The van der Waals surface area contributed by atoms with E-state index >= 15 is 0 Å². The van der Waals surface area contributed by atoms with Crippen molar-refractivity contribution in [1.29, 1.82) is 0 Å². The predicted molar refractivity (Wildman–Crippen MR) is 61.5 cm³/mol. The first kappa shape index (κ1) is 10.5. The number of fused-ring (bicyclic) bond motifs is 1. The van der Waals surface area contributed by atoms with Crippen LogP contribution in [0.1, 0.15) is 31.1 Å². The highest BCUT2D eigenvalue weighted by molar-refractivity contribution is 5.45. The maximum Gasteiger partial charge on any atom is 0.149 e. The molecule has 0 radical (unpaired) electrons. The molecule has 1 atom stereocenters. The van der Waals surface area contributed by atoms with Gasteiger partial charge in [-0.15, -0.1) is 0 Å². The molecule has 2 N–H and O–H groups in total. The second-order valence-corrected chi connectivity index (χ2v) is 4.79. The number of hydrogen-bond donors (Lipinski definition) is 1. The number of nitrogen functional groups attached to an aromatic ring is 1. The number of nitrogens with zero attached hydrogens (tertiary/aromatic N) is 3. The summed E-state index contributed by atoms with van der Waals surface area (Å²) in [5.41, 5.74) is 8.48. The number of rotatable bonds is 1. The minimum Gasteiger partial charge on any atom is -0.382 e. The highest BCUT2D eigenvalue weighted by Crippen LogP contribution is 2.35. The van der Waals surface area contributed by atoms with Crippen LogP contribution in [0.2, 0.25) is 0 Å². The molecule has 0 aliphatic carbocycles. The lowest BCUT2D eigenvalue weighted by Gasteiger charge is -2.35. The third-order valence-corrected chi connectivity index (χ3v) is 3.33. The number of nitrogens with two attached hydrogens (primary N) is 1. The summed E-state index contributed by atoms with van der Waals surface area (Å²) in [6.07, 6.45) is 1.02. The molecule has 1 aliphatic heterocycles. The molecule has 0 aromatic carbocycles. The molecule has 4 heteroatoms. The highest BCUT2D eigenvalue weighted by Gasteiger charge is 2.31. The Bertz CT molecular complexity index is 367. The molecule has 0 spiro atoms. The van der Waals surface area contributed by atoms with E-state index in [4.69, 9.17) is 5.73 Å². The van der Waals surface area contributed by atoms with Crippen molar-refractivity contribution in [2.24, 2.45) is 13.0 Å². The first-order valence-electron chi connectivity index (χ1n) is 5.54. The Kier molecular flexibility index (Phi) is 2.46. The molecule has 1 aromatic rings. The van der Waals surface area contributed by atoms with Gasteiger partial charge in [0.2, 0.25) is 0 Å². The van der Waals surface area contributed by atoms with E-state index in [0.717, 1.165) is 13.0 Å². The topological polar surface area (TPSA) is 47.1 Å². The summed E-state index contributed by atoms with van der Waals surface area (Å²) in [6, 6.07) is 0.448. The van der Waals surface area contributed by atoms with Crippen molar-refractivity contribution in [3.8, 4) is 0 Å². The fourth-order valence-electron chi connectivity index (χ4n) is 2.69. The fourth-order valence-corrected chi connectivity index (χ4v) is 2.69. The SMILES string of the molecule is CC(C)C1c2c(c(N)nn2C)CCN1C. The van der Waals surface area contributed by atoms with Crippen LogP contribution in [0.4, 0.5) is 5.82 Å². The van der Waals surface area contributed by atoms with E-state index in [1.807, 2.05) is 11.7 Å². The number of aryl methyl sites for hydroxylation is 1. The number of aromatic nitrogens is 2. The lowest BCUT2D eigenvalue weighted by Crippen LogP contribution is -2.36. The van der Waals surface area contributed by atoms with Crippen LogP contribution in [0.3, 0.4) is 0 Å². The summed E-state index contributed by atoms with van der Waals surface area (Å²) in [4.78, 5) is 2.40. The molecule has 2 heterocycles. The van der Waals surface area contributed by atoms with Crippen molar-refractivity contribution in [2.75, 3.05) is 19.3 Å². The van der Waals surface area contributed by atoms with E-state index in [9.17, 15) is 0 Å². The summed E-state index contributed by atoms with van der Waals surface area (Å²) in [5, 5.41) is 4.33. The first-order valence-corrected chi connectivity index (χ1v) is 5.54. The summed E-state index contributed by atoms with van der Waals surface area (Å²) in [6.45, 7) is 5.57. The lowest BCUT2D eigenvalue weighted by atomic mass is 9.91. The molecule has 15 heavy (non-hydrogen) atoms. The number of likely N-dealkylation sites (N-methyl/N-ethyl adjacent to an activating group) is 1. The average Bonchev–Trinajstić information content (AvgIpc) is 2.41. The molecule has 0 saturated carbocycles. The van der Waals surface area contributed by atoms with E-state index in [0.29, 0.717) is 17.8 Å². The van der Waals surface area contributed by atoms with Gasteiger partial charge in [0, 0.05) is 19.2 Å². The predicted octanol–water partition coefficient (Wildman–Crippen LogP) is 1.19. The van der Waals surface area contributed by atoms with Crippen LogP contribution in [0.15, 0.2) is 0 Å². The maximum atomic E-state index is 5.92. The zero-order valence-corrected chi connectivity index (χ0v) is 9.99. The van der Waals surface area contributed by atoms with Crippen molar-refractivity contribution in [3.05, 3.63) is 11.3 Å². The van der Waals surface area contributed by atoms with Gasteiger partial charge in [0.05, 0.1) is 11.7 Å². The van der Waals surface area contributed by atoms with Crippen molar-refractivity contribution in [3.63, 3.8) is 0 Å². The molecule has 1 aliphatic rings. The van der Waals surface area contributed by atoms with Crippen LogP contribution >= 0.6 is 0 Å². The van der Waals surface area contributed by atoms with Gasteiger partial charge in [-0.1, -0.05) is 13.8 Å². The molecule has 0 saturated heterocycles. The molecule has 0 fully saturated rings. The van der Waals surface area contributed by atoms with Gasteiger partial charge in [-0.25, -0.2) is 0 Å². The van der Waals surface area contributed by atoms with Crippen LogP contribution in [-0.4, -0.2) is 28.3 Å². The smallest absolute Gasteiger partial charge is 0.149 e. The van der Waals surface area contributed by atoms with E-state index in [2.05, 4.69) is 30.9 Å². The summed E-state index contributed by atoms with van der Waals surface area (Å²) >= 11 is 0. The number of hydrogen-bond acceptors (Lipinski definition) is 3.